The van der Waals surface area contributed by atoms with E-state index >= 15 is 0 Å². The molecule has 0 heterocycles. The van der Waals surface area contributed by atoms with Gasteiger partial charge in [0, 0.05) is 6.04 Å². The van der Waals surface area contributed by atoms with Crippen LogP contribution in [0.5, 0.6) is 11.5 Å². The van der Waals surface area contributed by atoms with E-state index in [2.05, 4.69) is 17.2 Å². The molecule has 0 saturated heterocycles. The van der Waals surface area contributed by atoms with Crippen molar-refractivity contribution < 1.29 is 9.47 Å². The zero-order chi connectivity index (χ0) is 14.4. The van der Waals surface area contributed by atoms with Gasteiger partial charge >= 0.3 is 0 Å². The van der Waals surface area contributed by atoms with Crippen LogP contribution in [0.25, 0.3) is 0 Å². The van der Waals surface area contributed by atoms with E-state index in [9.17, 15) is 0 Å². The summed E-state index contributed by atoms with van der Waals surface area (Å²) in [5, 5.41) is 3.16. The number of nitrogens with two attached hydrogens (primary N) is 1. The molecule has 5 nitrogen and oxygen atoms in total. The maximum atomic E-state index is 5.81. The minimum absolute atomic E-state index is 0.512. The second-order valence-corrected chi connectivity index (χ2v) is 4.95. The highest BCUT2D eigenvalue weighted by Gasteiger charge is 2.21. The smallest absolute Gasteiger partial charge is 0.189 e. The Morgan fingerprint density at radius 1 is 1.40 bits per heavy atom. The lowest BCUT2D eigenvalue weighted by molar-refractivity contribution is 0.294. The Morgan fingerprint density at radius 3 is 2.85 bits per heavy atom. The molecule has 0 bridgehead atoms. The number of methoxy groups -OCH3 is 1. The Bertz CT molecular complexity index is 470. The van der Waals surface area contributed by atoms with Gasteiger partial charge in [-0.25, -0.2) is 4.99 Å². The molecule has 0 atom stereocenters. The molecule has 1 fully saturated rings. The summed E-state index contributed by atoms with van der Waals surface area (Å²) in [5.74, 6) is 2.02. The lowest BCUT2D eigenvalue weighted by atomic mass is 10.2. The molecule has 1 saturated carbocycles. The normalized spacial score (nSPS) is 15.0. The maximum Gasteiger partial charge on any atom is 0.189 e. The minimum atomic E-state index is 0.512. The van der Waals surface area contributed by atoms with Gasteiger partial charge in [0.1, 0.15) is 0 Å². The summed E-state index contributed by atoms with van der Waals surface area (Å²) < 4.78 is 11.0. The summed E-state index contributed by atoms with van der Waals surface area (Å²) >= 11 is 0. The van der Waals surface area contributed by atoms with Crippen molar-refractivity contribution >= 4 is 5.96 Å². The molecule has 110 valence electrons. The van der Waals surface area contributed by atoms with Gasteiger partial charge in [-0.1, -0.05) is 13.0 Å². The fourth-order valence-electron chi connectivity index (χ4n) is 1.80. The summed E-state index contributed by atoms with van der Waals surface area (Å²) in [6.07, 6.45) is 3.35. The number of rotatable bonds is 7. The Hall–Kier alpha value is -1.91. The van der Waals surface area contributed by atoms with Crippen LogP contribution in [0, 0.1) is 0 Å². The molecule has 0 amide bonds. The molecule has 5 heteroatoms. The van der Waals surface area contributed by atoms with E-state index < -0.39 is 0 Å². The van der Waals surface area contributed by atoms with Gasteiger partial charge in [-0.2, -0.15) is 0 Å². The van der Waals surface area contributed by atoms with Crippen LogP contribution in [-0.4, -0.2) is 25.7 Å². The second kappa shape index (κ2) is 7.03. The first-order valence-corrected chi connectivity index (χ1v) is 7.09. The van der Waals surface area contributed by atoms with Gasteiger partial charge in [0.25, 0.3) is 0 Å². The second-order valence-electron chi connectivity index (χ2n) is 4.95. The molecule has 0 spiro atoms. The third kappa shape index (κ3) is 4.33. The van der Waals surface area contributed by atoms with Gasteiger partial charge in [-0.05, 0) is 37.0 Å². The lowest BCUT2D eigenvalue weighted by Crippen LogP contribution is -2.33. The van der Waals surface area contributed by atoms with Gasteiger partial charge in [0.15, 0.2) is 17.5 Å². The monoisotopic (exact) mass is 277 g/mol. The third-order valence-corrected chi connectivity index (χ3v) is 3.05. The van der Waals surface area contributed by atoms with Crippen molar-refractivity contribution in [1.82, 2.24) is 5.32 Å². The summed E-state index contributed by atoms with van der Waals surface area (Å²) in [6.45, 7) is 3.30. The van der Waals surface area contributed by atoms with Crippen molar-refractivity contribution in [2.24, 2.45) is 10.7 Å². The summed E-state index contributed by atoms with van der Waals surface area (Å²) in [7, 11) is 1.64. The molecule has 0 unspecified atom stereocenters. The highest BCUT2D eigenvalue weighted by molar-refractivity contribution is 5.78. The molecule has 1 aromatic carbocycles. The molecule has 1 aliphatic rings. The number of hydrogen-bond acceptors (Lipinski definition) is 3. The maximum absolute atomic E-state index is 5.81. The summed E-state index contributed by atoms with van der Waals surface area (Å²) in [6, 6.07) is 6.38. The van der Waals surface area contributed by atoms with Crippen molar-refractivity contribution in [3.05, 3.63) is 23.8 Å². The number of benzene rings is 1. The largest absolute Gasteiger partial charge is 0.493 e. The zero-order valence-corrected chi connectivity index (χ0v) is 12.2. The average molecular weight is 277 g/mol. The van der Waals surface area contributed by atoms with Gasteiger partial charge in [0.2, 0.25) is 0 Å². The molecule has 1 aliphatic carbocycles. The van der Waals surface area contributed by atoms with E-state index in [-0.39, 0.29) is 0 Å². The van der Waals surface area contributed by atoms with Gasteiger partial charge in [-0.3, -0.25) is 0 Å². The van der Waals surface area contributed by atoms with E-state index in [4.69, 9.17) is 15.2 Å². The van der Waals surface area contributed by atoms with Crippen LogP contribution in [0.15, 0.2) is 23.2 Å². The predicted molar refractivity (Wildman–Crippen MR) is 80.3 cm³/mol. The molecular weight excluding hydrogens is 254 g/mol. The zero-order valence-electron chi connectivity index (χ0n) is 12.2. The molecule has 20 heavy (non-hydrogen) atoms. The molecule has 3 N–H and O–H groups in total. The first kappa shape index (κ1) is 14.5. The molecule has 1 aromatic rings. The first-order chi connectivity index (χ1) is 9.72. The van der Waals surface area contributed by atoms with Crippen molar-refractivity contribution in [2.45, 2.75) is 38.8 Å². The number of hydrogen-bond donors (Lipinski definition) is 2. The van der Waals surface area contributed by atoms with E-state index in [0.29, 0.717) is 25.2 Å². The van der Waals surface area contributed by atoms with Crippen LogP contribution in [0.1, 0.15) is 31.7 Å². The Kier molecular flexibility index (Phi) is 5.09. The number of guanidine groups is 1. The van der Waals surface area contributed by atoms with E-state index in [0.717, 1.165) is 23.5 Å². The van der Waals surface area contributed by atoms with Crippen LogP contribution < -0.4 is 20.5 Å². The molecule has 0 radical (unpaired) electrons. The molecule has 2 rings (SSSR count). The number of ether oxygens (including phenoxy) is 2. The van der Waals surface area contributed by atoms with Crippen LogP contribution in [0.2, 0.25) is 0 Å². The van der Waals surface area contributed by atoms with Crippen LogP contribution >= 0.6 is 0 Å². The van der Waals surface area contributed by atoms with Crippen molar-refractivity contribution in [3.8, 4) is 11.5 Å². The minimum Gasteiger partial charge on any atom is -0.493 e. The van der Waals surface area contributed by atoms with Crippen molar-refractivity contribution in [1.29, 1.82) is 0 Å². The fourth-order valence-corrected chi connectivity index (χ4v) is 1.80. The number of aliphatic imine (C=N–C) groups is 1. The number of nitrogens with zero attached hydrogens (tertiary/aromatic N) is 1. The highest BCUT2D eigenvalue weighted by Crippen LogP contribution is 2.28. The van der Waals surface area contributed by atoms with Crippen molar-refractivity contribution in [2.75, 3.05) is 13.7 Å². The standard InChI is InChI=1S/C15H23N3O2/c1-3-8-20-13-7-4-11(9-14(13)19-2)10-17-15(16)18-12-5-6-12/h4,7,9,12H,3,5-6,8,10H2,1-2H3,(H3,16,17,18). The van der Waals surface area contributed by atoms with E-state index in [1.807, 2.05) is 18.2 Å². The van der Waals surface area contributed by atoms with Crippen LogP contribution in [0.3, 0.4) is 0 Å². The van der Waals surface area contributed by atoms with E-state index in [1.54, 1.807) is 7.11 Å². The highest BCUT2D eigenvalue weighted by atomic mass is 16.5. The average Bonchev–Trinajstić information content (AvgIpc) is 3.27. The Balaban J connectivity index is 1.97. The Labute approximate surface area is 120 Å². The van der Waals surface area contributed by atoms with Crippen molar-refractivity contribution in [3.63, 3.8) is 0 Å². The SMILES string of the molecule is CCCOc1ccc(CN=C(N)NC2CC2)cc1OC. The molecular formula is C15H23N3O2. The van der Waals surface area contributed by atoms with Gasteiger partial charge < -0.3 is 20.5 Å². The summed E-state index contributed by atoms with van der Waals surface area (Å²) in [4.78, 5) is 4.33. The van der Waals surface area contributed by atoms with Crippen LogP contribution in [-0.2, 0) is 6.54 Å². The van der Waals surface area contributed by atoms with Crippen LogP contribution in [0.4, 0.5) is 0 Å². The lowest BCUT2D eigenvalue weighted by Gasteiger charge is -2.11. The predicted octanol–water partition coefficient (Wildman–Crippen LogP) is 2.05. The van der Waals surface area contributed by atoms with Gasteiger partial charge in [0.05, 0.1) is 20.3 Å². The fraction of sp³-hybridized carbons (Fsp3) is 0.533. The Morgan fingerprint density at radius 2 is 2.20 bits per heavy atom. The number of nitrogens with one attached hydrogen (secondary N) is 1. The topological polar surface area (TPSA) is 68.9 Å². The molecule has 0 aliphatic heterocycles. The van der Waals surface area contributed by atoms with Gasteiger partial charge in [-0.15, -0.1) is 0 Å². The molecule has 0 aromatic heterocycles. The quantitative estimate of drug-likeness (QED) is 0.591. The van der Waals surface area contributed by atoms with E-state index in [1.165, 1.54) is 12.8 Å². The third-order valence-electron chi connectivity index (χ3n) is 3.05. The first-order valence-electron chi connectivity index (χ1n) is 7.09. The summed E-state index contributed by atoms with van der Waals surface area (Å²) in [5.41, 5.74) is 6.86.